The maximum Gasteiger partial charge on any atom is 0.261 e. The third-order valence-electron chi connectivity index (χ3n) is 6.14. The zero-order valence-electron chi connectivity index (χ0n) is 21.6. The van der Waals surface area contributed by atoms with Gasteiger partial charge in [0.2, 0.25) is 5.91 Å². The molecule has 0 heterocycles. The minimum Gasteiger partial charge on any atom is -0.484 e. The summed E-state index contributed by atoms with van der Waals surface area (Å²) in [5.74, 6) is 0.0933. The molecule has 37 heavy (non-hydrogen) atoms. The van der Waals surface area contributed by atoms with E-state index in [1.807, 2.05) is 68.4 Å². The molecule has 196 valence electrons. The van der Waals surface area contributed by atoms with Gasteiger partial charge in [-0.1, -0.05) is 79.0 Å². The van der Waals surface area contributed by atoms with Gasteiger partial charge < -0.3 is 15.0 Å². The van der Waals surface area contributed by atoms with Gasteiger partial charge in [-0.25, -0.2) is 0 Å². The fourth-order valence-electron chi connectivity index (χ4n) is 4.06. The smallest absolute Gasteiger partial charge is 0.261 e. The second-order valence-electron chi connectivity index (χ2n) is 9.16. The first kappa shape index (κ1) is 28.5. The lowest BCUT2D eigenvalue weighted by Crippen LogP contribution is -2.51. The zero-order valence-corrected chi connectivity index (χ0v) is 23.1. The molecule has 5 nitrogen and oxygen atoms in total. The Balaban J connectivity index is 1.89. The predicted molar refractivity (Wildman–Crippen MR) is 150 cm³/mol. The highest BCUT2D eigenvalue weighted by Crippen LogP contribution is 2.26. The first-order valence-electron chi connectivity index (χ1n) is 12.5. The van der Waals surface area contributed by atoms with Crippen molar-refractivity contribution < 1.29 is 14.3 Å². The molecule has 0 saturated carbocycles. The molecule has 0 bridgehead atoms. The van der Waals surface area contributed by atoms with Crippen LogP contribution >= 0.6 is 23.2 Å². The molecule has 7 heteroatoms. The first-order chi connectivity index (χ1) is 17.8. The Morgan fingerprint density at radius 2 is 1.59 bits per heavy atom. The zero-order chi connectivity index (χ0) is 26.8. The Bertz CT molecular complexity index is 1160. The number of carbonyl (C=O) groups is 2. The van der Waals surface area contributed by atoms with Gasteiger partial charge in [0, 0.05) is 29.6 Å². The molecule has 0 aliphatic rings. The number of nitrogens with zero attached hydrogens (tertiary/aromatic N) is 1. The standard InChI is InChI=1S/C30H34Cl2N2O3/c1-4-5-15-33-30(36)27(18-23-9-7-6-8-10-23)34(19-24-11-13-25(31)14-12-24)28(35)20-37-26-16-21(2)29(32)22(3)17-26/h6-14,16-17,27H,4-5,15,18-20H2,1-3H3,(H,33,36). The average Bonchev–Trinajstić information content (AvgIpc) is 2.89. The number of aryl methyl sites for hydroxylation is 2. The van der Waals surface area contributed by atoms with Crippen LogP contribution in [0.2, 0.25) is 10.0 Å². The molecule has 3 aromatic carbocycles. The van der Waals surface area contributed by atoms with Gasteiger partial charge in [-0.05, 0) is 66.8 Å². The van der Waals surface area contributed by atoms with Gasteiger partial charge in [0.05, 0.1) is 0 Å². The highest BCUT2D eigenvalue weighted by Gasteiger charge is 2.30. The molecular weight excluding hydrogens is 507 g/mol. The van der Waals surface area contributed by atoms with Gasteiger partial charge in [0.1, 0.15) is 11.8 Å². The number of hydrogen-bond acceptors (Lipinski definition) is 3. The maximum atomic E-state index is 13.7. The molecule has 1 atom stereocenters. The van der Waals surface area contributed by atoms with Gasteiger partial charge in [-0.3, -0.25) is 9.59 Å². The normalized spacial score (nSPS) is 11.6. The number of nitrogens with one attached hydrogen (secondary N) is 1. The van der Waals surface area contributed by atoms with Crippen LogP contribution in [0.15, 0.2) is 66.7 Å². The molecular formula is C30H34Cl2N2O3. The Labute approximate surface area is 229 Å². The van der Waals surface area contributed by atoms with E-state index in [1.165, 1.54) is 0 Å². The van der Waals surface area contributed by atoms with Crippen LogP contribution in [0.1, 0.15) is 42.0 Å². The molecule has 1 N–H and O–H groups in total. The van der Waals surface area contributed by atoms with Crippen LogP contribution in [0.3, 0.4) is 0 Å². The number of halogens is 2. The molecule has 0 spiro atoms. The van der Waals surface area contributed by atoms with Gasteiger partial charge >= 0.3 is 0 Å². The van der Waals surface area contributed by atoms with Crippen LogP contribution in [0.5, 0.6) is 5.75 Å². The van der Waals surface area contributed by atoms with Crippen molar-refractivity contribution in [1.29, 1.82) is 0 Å². The number of benzene rings is 3. The largest absolute Gasteiger partial charge is 0.484 e. The molecule has 0 radical (unpaired) electrons. The Kier molecular flexibility index (Phi) is 10.8. The van der Waals surface area contributed by atoms with E-state index in [-0.39, 0.29) is 25.0 Å². The quantitative estimate of drug-likeness (QED) is 0.265. The van der Waals surface area contributed by atoms with Gasteiger partial charge in [0.25, 0.3) is 5.91 Å². The second-order valence-corrected chi connectivity index (χ2v) is 9.97. The summed E-state index contributed by atoms with van der Waals surface area (Å²) >= 11 is 12.4. The minimum absolute atomic E-state index is 0.183. The predicted octanol–water partition coefficient (Wildman–Crippen LogP) is 6.55. The number of ether oxygens (including phenoxy) is 1. The summed E-state index contributed by atoms with van der Waals surface area (Å²) in [6.07, 6.45) is 2.22. The summed E-state index contributed by atoms with van der Waals surface area (Å²) in [7, 11) is 0. The molecule has 0 saturated heterocycles. The summed E-state index contributed by atoms with van der Waals surface area (Å²) in [6.45, 7) is 6.46. The van der Waals surface area contributed by atoms with Crippen LogP contribution in [-0.4, -0.2) is 35.9 Å². The molecule has 0 aromatic heterocycles. The molecule has 0 fully saturated rings. The van der Waals surface area contributed by atoms with E-state index in [0.717, 1.165) is 35.1 Å². The lowest BCUT2D eigenvalue weighted by Gasteiger charge is -2.31. The SMILES string of the molecule is CCCCNC(=O)C(Cc1ccccc1)N(Cc1ccc(Cl)cc1)C(=O)COc1cc(C)c(Cl)c(C)c1. The molecule has 1 unspecified atom stereocenters. The summed E-state index contributed by atoms with van der Waals surface area (Å²) in [5.41, 5.74) is 3.59. The summed E-state index contributed by atoms with van der Waals surface area (Å²) in [4.78, 5) is 28.7. The van der Waals surface area contributed by atoms with Gasteiger partial charge in [0.15, 0.2) is 6.61 Å². The fourth-order valence-corrected chi connectivity index (χ4v) is 4.30. The van der Waals surface area contributed by atoms with E-state index in [1.54, 1.807) is 17.0 Å². The van der Waals surface area contributed by atoms with Crippen LogP contribution in [0.25, 0.3) is 0 Å². The first-order valence-corrected chi connectivity index (χ1v) is 13.3. The topological polar surface area (TPSA) is 58.6 Å². The lowest BCUT2D eigenvalue weighted by molar-refractivity contribution is -0.142. The highest BCUT2D eigenvalue weighted by atomic mass is 35.5. The molecule has 3 rings (SSSR count). The monoisotopic (exact) mass is 540 g/mol. The van der Waals surface area contributed by atoms with E-state index in [2.05, 4.69) is 12.2 Å². The highest BCUT2D eigenvalue weighted by molar-refractivity contribution is 6.32. The van der Waals surface area contributed by atoms with Gasteiger partial charge in [-0.15, -0.1) is 0 Å². The minimum atomic E-state index is -0.709. The third-order valence-corrected chi connectivity index (χ3v) is 6.99. The van der Waals surface area contributed by atoms with Crippen molar-refractivity contribution in [2.75, 3.05) is 13.2 Å². The average molecular weight is 542 g/mol. The van der Waals surface area contributed by atoms with Crippen molar-refractivity contribution in [2.24, 2.45) is 0 Å². The van der Waals surface area contributed by atoms with E-state index in [9.17, 15) is 9.59 Å². The second kappa shape index (κ2) is 14.1. The van der Waals surface area contributed by atoms with E-state index in [4.69, 9.17) is 27.9 Å². The molecule has 2 amide bonds. The number of rotatable bonds is 12. The van der Waals surface area contributed by atoms with Crippen LogP contribution in [-0.2, 0) is 22.6 Å². The van der Waals surface area contributed by atoms with Crippen LogP contribution < -0.4 is 10.1 Å². The van der Waals surface area contributed by atoms with Gasteiger partial charge in [-0.2, -0.15) is 0 Å². The number of unbranched alkanes of at least 4 members (excludes halogenated alkanes) is 1. The van der Waals surface area contributed by atoms with Crippen molar-refractivity contribution in [3.63, 3.8) is 0 Å². The summed E-state index contributed by atoms with van der Waals surface area (Å²) in [5, 5.41) is 4.30. The number of carbonyl (C=O) groups excluding carboxylic acids is 2. The van der Waals surface area contributed by atoms with Crippen molar-refractivity contribution in [1.82, 2.24) is 10.2 Å². The van der Waals surface area contributed by atoms with Crippen molar-refractivity contribution in [2.45, 2.75) is 52.6 Å². The Morgan fingerprint density at radius 3 is 2.22 bits per heavy atom. The van der Waals surface area contributed by atoms with Crippen molar-refractivity contribution in [3.8, 4) is 5.75 Å². The maximum absolute atomic E-state index is 13.7. The Hall–Kier alpha value is -3.02. The van der Waals surface area contributed by atoms with Crippen molar-refractivity contribution in [3.05, 3.63) is 99.0 Å². The molecule has 0 aliphatic heterocycles. The van der Waals surface area contributed by atoms with Crippen molar-refractivity contribution >= 4 is 35.0 Å². The van der Waals surface area contributed by atoms with Crippen LogP contribution in [0, 0.1) is 13.8 Å². The van der Waals surface area contributed by atoms with E-state index >= 15 is 0 Å². The Morgan fingerprint density at radius 1 is 0.946 bits per heavy atom. The summed E-state index contributed by atoms with van der Waals surface area (Å²) in [6, 6.07) is 19.9. The van der Waals surface area contributed by atoms with E-state index < -0.39 is 6.04 Å². The van der Waals surface area contributed by atoms with E-state index in [0.29, 0.717) is 28.8 Å². The molecule has 3 aromatic rings. The lowest BCUT2D eigenvalue weighted by atomic mass is 10.0. The fraction of sp³-hybridized carbons (Fsp3) is 0.333. The number of amides is 2. The van der Waals surface area contributed by atoms with Crippen LogP contribution in [0.4, 0.5) is 0 Å². The number of hydrogen-bond donors (Lipinski definition) is 1. The summed E-state index contributed by atoms with van der Waals surface area (Å²) < 4.78 is 5.90. The third kappa shape index (κ3) is 8.51. The molecule has 0 aliphatic carbocycles.